The predicted octanol–water partition coefficient (Wildman–Crippen LogP) is 4.63. The number of pyridine rings is 2. The number of rotatable bonds is 6. The number of alkyl halides is 2. The van der Waals surface area contributed by atoms with E-state index in [9.17, 15) is 13.6 Å². The molecule has 1 amide bonds. The topological polar surface area (TPSA) is 74.3 Å². The van der Waals surface area contributed by atoms with Crippen LogP contribution in [-0.4, -0.2) is 96.8 Å². The SMILES string of the molecule is C=CC(=O)N1CCN(C2CN3c4cc(N5CCC6(CC5C)OC(COC)c5nccc(C)c56)nc(C(F)F)c4C=CCC23)CC1. The van der Waals surface area contributed by atoms with E-state index in [4.69, 9.17) is 9.47 Å². The van der Waals surface area contributed by atoms with Gasteiger partial charge in [-0.25, -0.2) is 13.8 Å². The number of fused-ring (bicyclic) bond motifs is 5. The Labute approximate surface area is 263 Å². The van der Waals surface area contributed by atoms with Crippen molar-refractivity contribution in [2.45, 2.75) is 69.4 Å². The van der Waals surface area contributed by atoms with E-state index in [0.717, 1.165) is 48.6 Å². The van der Waals surface area contributed by atoms with Crippen LogP contribution >= 0.6 is 0 Å². The molecule has 5 aliphatic rings. The van der Waals surface area contributed by atoms with E-state index in [1.54, 1.807) is 7.11 Å². The highest BCUT2D eigenvalue weighted by molar-refractivity contribution is 5.87. The number of nitrogens with zero attached hydrogens (tertiary/aromatic N) is 6. The molecule has 7 rings (SSSR count). The van der Waals surface area contributed by atoms with Gasteiger partial charge in [0.2, 0.25) is 5.91 Å². The van der Waals surface area contributed by atoms with Crippen molar-refractivity contribution < 1.29 is 23.0 Å². The number of ether oxygens (including phenoxy) is 2. The normalized spacial score (nSPS) is 29.3. The van der Waals surface area contributed by atoms with Gasteiger partial charge >= 0.3 is 0 Å². The molecule has 45 heavy (non-hydrogen) atoms. The first-order valence-electron chi connectivity index (χ1n) is 16.1. The average Bonchev–Trinajstić information content (AvgIpc) is 3.23. The molecule has 9 nitrogen and oxygen atoms in total. The molecular weight excluding hydrogens is 578 g/mol. The Morgan fingerprint density at radius 1 is 1.22 bits per heavy atom. The molecule has 3 fully saturated rings. The number of piperazine rings is 1. The summed E-state index contributed by atoms with van der Waals surface area (Å²) >= 11 is 0. The Morgan fingerprint density at radius 2 is 2.02 bits per heavy atom. The van der Waals surface area contributed by atoms with Crippen LogP contribution in [0.4, 0.5) is 20.3 Å². The lowest BCUT2D eigenvalue weighted by Gasteiger charge is -2.55. The van der Waals surface area contributed by atoms with Crippen molar-refractivity contribution in [3.8, 4) is 0 Å². The van der Waals surface area contributed by atoms with Crippen LogP contribution in [0.1, 0.15) is 66.8 Å². The van der Waals surface area contributed by atoms with E-state index in [0.29, 0.717) is 56.5 Å². The third-order valence-electron chi connectivity index (χ3n) is 10.6. The van der Waals surface area contributed by atoms with E-state index in [-0.39, 0.29) is 29.8 Å². The van der Waals surface area contributed by atoms with Gasteiger partial charge in [-0.05, 0) is 44.4 Å². The lowest BCUT2D eigenvalue weighted by molar-refractivity contribution is -0.128. The van der Waals surface area contributed by atoms with E-state index >= 15 is 0 Å². The van der Waals surface area contributed by atoms with Crippen LogP contribution in [-0.2, 0) is 19.9 Å². The van der Waals surface area contributed by atoms with Gasteiger partial charge in [-0.2, -0.15) is 0 Å². The zero-order valence-electron chi connectivity index (χ0n) is 26.3. The quantitative estimate of drug-likeness (QED) is 0.433. The summed E-state index contributed by atoms with van der Waals surface area (Å²) in [5, 5.41) is 0. The van der Waals surface area contributed by atoms with Gasteiger partial charge in [-0.3, -0.25) is 14.7 Å². The van der Waals surface area contributed by atoms with Gasteiger partial charge < -0.3 is 24.2 Å². The molecule has 240 valence electrons. The van der Waals surface area contributed by atoms with Crippen LogP contribution in [0.25, 0.3) is 6.08 Å². The third-order valence-corrected chi connectivity index (χ3v) is 10.6. The number of piperidine rings is 1. The number of amides is 1. The zero-order valence-corrected chi connectivity index (χ0v) is 26.3. The fourth-order valence-corrected chi connectivity index (χ4v) is 8.40. The Hall–Kier alpha value is -3.41. The Morgan fingerprint density at radius 3 is 2.73 bits per heavy atom. The number of carbonyl (C=O) groups is 1. The molecule has 2 aromatic heterocycles. The van der Waals surface area contributed by atoms with E-state index in [1.165, 1.54) is 6.08 Å². The van der Waals surface area contributed by atoms with Crippen LogP contribution in [0.5, 0.6) is 0 Å². The van der Waals surface area contributed by atoms with Crippen LogP contribution in [0.15, 0.2) is 37.1 Å². The number of hydrogen-bond donors (Lipinski definition) is 0. The molecule has 0 aliphatic carbocycles. The van der Waals surface area contributed by atoms with Gasteiger partial charge in [0, 0.05) is 94.3 Å². The zero-order chi connectivity index (χ0) is 31.5. The van der Waals surface area contributed by atoms with Crippen molar-refractivity contribution in [2.24, 2.45) is 0 Å². The second-order valence-electron chi connectivity index (χ2n) is 13.0. The summed E-state index contributed by atoms with van der Waals surface area (Å²) in [4.78, 5) is 30.1. The van der Waals surface area contributed by atoms with Gasteiger partial charge in [0.1, 0.15) is 17.6 Å². The molecule has 5 unspecified atom stereocenters. The Kier molecular flexibility index (Phi) is 7.90. The van der Waals surface area contributed by atoms with Crippen molar-refractivity contribution in [1.29, 1.82) is 0 Å². The van der Waals surface area contributed by atoms with Crippen molar-refractivity contribution in [1.82, 2.24) is 19.8 Å². The molecule has 0 N–H and O–H groups in total. The highest BCUT2D eigenvalue weighted by Gasteiger charge is 2.51. The molecular formula is C34H42F2N6O3. The maximum Gasteiger partial charge on any atom is 0.281 e. The van der Waals surface area contributed by atoms with Crippen LogP contribution < -0.4 is 9.80 Å². The molecule has 2 aromatic rings. The average molecular weight is 621 g/mol. The van der Waals surface area contributed by atoms with Crippen molar-refractivity contribution in [3.05, 3.63) is 65.1 Å². The van der Waals surface area contributed by atoms with Crippen molar-refractivity contribution in [3.63, 3.8) is 0 Å². The molecule has 0 saturated carbocycles. The predicted molar refractivity (Wildman–Crippen MR) is 169 cm³/mol. The van der Waals surface area contributed by atoms with Gasteiger partial charge in [0.05, 0.1) is 23.6 Å². The van der Waals surface area contributed by atoms with Crippen molar-refractivity contribution in [2.75, 3.05) is 62.8 Å². The summed E-state index contributed by atoms with van der Waals surface area (Å²) < 4.78 is 41.4. The maximum atomic E-state index is 14.6. The highest BCUT2D eigenvalue weighted by atomic mass is 19.3. The summed E-state index contributed by atoms with van der Waals surface area (Å²) in [5.74, 6) is 0.564. The standard InChI is InChI=1S/C34H42F2N6O3/c1-5-29(43)40-15-13-39(14-16-40)26-19-42-24(26)8-6-7-23-25(42)17-28(38-31(23)33(35)36)41-12-10-34(18-22(41)3)30-21(2)9-11-37-32(30)27(45-34)20-44-4/h5-7,9,11,17,22,24,26-27,33H,1,8,10,12-16,18-20H2,2-4H3. The Bertz CT molecular complexity index is 1510. The molecule has 1 spiro atoms. The Balaban J connectivity index is 1.14. The lowest BCUT2D eigenvalue weighted by Crippen LogP contribution is -2.69. The van der Waals surface area contributed by atoms with Gasteiger partial charge in [0.15, 0.2) is 0 Å². The maximum absolute atomic E-state index is 14.6. The van der Waals surface area contributed by atoms with E-state index in [1.807, 2.05) is 35.4 Å². The largest absolute Gasteiger partial charge is 0.382 e. The molecule has 0 bridgehead atoms. The summed E-state index contributed by atoms with van der Waals surface area (Å²) in [7, 11) is 1.67. The first-order chi connectivity index (χ1) is 21.7. The summed E-state index contributed by atoms with van der Waals surface area (Å²) in [5.41, 5.74) is 3.95. The molecule has 7 heterocycles. The number of hydrogen-bond acceptors (Lipinski definition) is 8. The molecule has 5 aliphatic heterocycles. The summed E-state index contributed by atoms with van der Waals surface area (Å²) in [6, 6.07) is 4.55. The first-order valence-corrected chi connectivity index (χ1v) is 16.1. The first kappa shape index (κ1) is 30.3. The number of aryl methyl sites for hydroxylation is 1. The minimum atomic E-state index is -2.69. The minimum absolute atomic E-state index is 0.000554. The number of methoxy groups -OCH3 is 1. The fraction of sp³-hybridized carbons (Fsp3) is 0.559. The summed E-state index contributed by atoms with van der Waals surface area (Å²) in [6.07, 6.45) is 6.33. The smallest absolute Gasteiger partial charge is 0.281 e. The molecule has 11 heteroatoms. The second-order valence-corrected chi connectivity index (χ2v) is 13.0. The van der Waals surface area contributed by atoms with Crippen LogP contribution in [0.3, 0.4) is 0 Å². The second kappa shape index (κ2) is 11.7. The molecule has 0 aromatic carbocycles. The number of aromatic nitrogens is 2. The fourth-order valence-electron chi connectivity index (χ4n) is 8.40. The lowest BCUT2D eigenvalue weighted by atomic mass is 9.79. The van der Waals surface area contributed by atoms with Gasteiger partial charge in [-0.15, -0.1) is 0 Å². The minimum Gasteiger partial charge on any atom is -0.382 e. The number of anilines is 2. The monoisotopic (exact) mass is 620 g/mol. The number of halogens is 2. The molecule has 3 saturated heterocycles. The van der Waals surface area contributed by atoms with Crippen LogP contribution in [0.2, 0.25) is 0 Å². The van der Waals surface area contributed by atoms with E-state index < -0.39 is 12.0 Å². The van der Waals surface area contributed by atoms with E-state index in [2.05, 4.69) is 45.1 Å². The van der Waals surface area contributed by atoms with Crippen molar-refractivity contribution >= 4 is 23.5 Å². The van der Waals surface area contributed by atoms with Gasteiger partial charge in [-0.1, -0.05) is 18.7 Å². The molecule has 5 atom stereocenters. The third kappa shape index (κ3) is 5.03. The number of carbonyl (C=O) groups excluding carboxylic acids is 1. The molecule has 0 radical (unpaired) electrons. The van der Waals surface area contributed by atoms with Crippen LogP contribution in [0, 0.1) is 6.92 Å². The highest BCUT2D eigenvalue weighted by Crippen LogP contribution is 2.52. The van der Waals surface area contributed by atoms with Gasteiger partial charge in [0.25, 0.3) is 6.43 Å². The summed E-state index contributed by atoms with van der Waals surface area (Å²) in [6.45, 7) is 12.6.